The van der Waals surface area contributed by atoms with E-state index < -0.39 is 0 Å². The number of carbonyl (C=O) groups excluding carboxylic acids is 2. The summed E-state index contributed by atoms with van der Waals surface area (Å²) in [5, 5.41) is 2.21. The van der Waals surface area contributed by atoms with E-state index in [1.54, 1.807) is 18.2 Å². The molecule has 0 aromatic heterocycles. The fraction of sp³-hybridized carbons (Fsp3) is 0.167. The highest BCUT2D eigenvalue weighted by molar-refractivity contribution is 6.33. The van der Waals surface area contributed by atoms with Gasteiger partial charge in [0.1, 0.15) is 5.75 Å². The zero-order chi connectivity index (χ0) is 11.5. The van der Waals surface area contributed by atoms with Crippen molar-refractivity contribution in [2.45, 2.75) is 6.92 Å². The van der Waals surface area contributed by atoms with E-state index in [4.69, 9.17) is 4.74 Å². The molecule has 16 heavy (non-hydrogen) atoms. The summed E-state index contributed by atoms with van der Waals surface area (Å²) in [5.41, 5.74) is 1.07. The maximum Gasteiger partial charge on any atom is 0.258 e. The number of imide groups is 1. The number of hydrogen-bond acceptors (Lipinski definition) is 3. The van der Waals surface area contributed by atoms with Crippen molar-refractivity contribution in [1.29, 1.82) is 0 Å². The first-order chi connectivity index (χ1) is 7.70. The molecule has 1 aliphatic heterocycles. The van der Waals surface area contributed by atoms with Crippen molar-refractivity contribution in [2.75, 3.05) is 6.61 Å². The highest BCUT2D eigenvalue weighted by atomic mass is 16.5. The summed E-state index contributed by atoms with van der Waals surface area (Å²) >= 11 is 0. The van der Waals surface area contributed by atoms with Crippen LogP contribution in [0.15, 0.2) is 30.3 Å². The van der Waals surface area contributed by atoms with Gasteiger partial charge in [0.15, 0.2) is 0 Å². The second kappa shape index (κ2) is 4.18. The Morgan fingerprint density at radius 3 is 2.75 bits per heavy atom. The zero-order valence-corrected chi connectivity index (χ0v) is 8.82. The standard InChI is InChI=1S/C12H11NO3/c1-2-16-9-5-3-4-8(6-9)10-7-11(14)13-12(10)15/h3-7H,2H2,1H3,(H,13,14,15). The summed E-state index contributed by atoms with van der Waals surface area (Å²) in [7, 11) is 0. The topological polar surface area (TPSA) is 55.4 Å². The highest BCUT2D eigenvalue weighted by Gasteiger charge is 2.22. The van der Waals surface area contributed by atoms with Crippen molar-refractivity contribution in [3.05, 3.63) is 35.9 Å². The molecule has 0 saturated heterocycles. The summed E-state index contributed by atoms with van der Waals surface area (Å²) < 4.78 is 5.32. The van der Waals surface area contributed by atoms with Crippen LogP contribution in [0.2, 0.25) is 0 Å². The maximum atomic E-state index is 11.4. The van der Waals surface area contributed by atoms with E-state index in [9.17, 15) is 9.59 Å². The van der Waals surface area contributed by atoms with E-state index in [0.717, 1.165) is 0 Å². The van der Waals surface area contributed by atoms with Gasteiger partial charge in [-0.3, -0.25) is 14.9 Å². The Kier molecular flexibility index (Phi) is 2.72. The monoisotopic (exact) mass is 217 g/mol. The molecule has 1 aromatic rings. The van der Waals surface area contributed by atoms with Crippen LogP contribution in [-0.4, -0.2) is 18.4 Å². The number of amides is 2. The normalized spacial score (nSPS) is 14.7. The summed E-state index contributed by atoms with van der Waals surface area (Å²) in [5.74, 6) is -0.0477. The highest BCUT2D eigenvalue weighted by Crippen LogP contribution is 2.22. The lowest BCUT2D eigenvalue weighted by atomic mass is 10.1. The molecule has 1 N–H and O–H groups in total. The van der Waals surface area contributed by atoms with Gasteiger partial charge >= 0.3 is 0 Å². The first-order valence-corrected chi connectivity index (χ1v) is 5.01. The number of carbonyl (C=O) groups is 2. The molecular weight excluding hydrogens is 206 g/mol. The van der Waals surface area contributed by atoms with E-state index in [-0.39, 0.29) is 11.8 Å². The molecule has 82 valence electrons. The Morgan fingerprint density at radius 1 is 1.31 bits per heavy atom. The predicted molar refractivity (Wildman–Crippen MR) is 58.7 cm³/mol. The molecule has 2 amide bonds. The van der Waals surface area contributed by atoms with E-state index in [1.807, 2.05) is 13.0 Å². The van der Waals surface area contributed by atoms with Crippen LogP contribution in [0.4, 0.5) is 0 Å². The smallest absolute Gasteiger partial charge is 0.258 e. The second-order valence-corrected chi connectivity index (χ2v) is 3.34. The number of rotatable bonds is 3. The summed E-state index contributed by atoms with van der Waals surface area (Å²) in [6, 6.07) is 7.11. The average Bonchev–Trinajstić information content (AvgIpc) is 2.59. The van der Waals surface area contributed by atoms with Gasteiger partial charge in [0, 0.05) is 6.08 Å². The van der Waals surface area contributed by atoms with Crippen LogP contribution in [0.25, 0.3) is 5.57 Å². The largest absolute Gasteiger partial charge is 0.494 e. The van der Waals surface area contributed by atoms with E-state index in [2.05, 4.69) is 5.32 Å². The van der Waals surface area contributed by atoms with Crippen molar-refractivity contribution < 1.29 is 14.3 Å². The van der Waals surface area contributed by atoms with Gasteiger partial charge in [-0.25, -0.2) is 0 Å². The number of benzene rings is 1. The molecule has 0 fully saturated rings. The molecule has 0 atom stereocenters. The fourth-order valence-electron chi connectivity index (χ4n) is 1.55. The maximum absolute atomic E-state index is 11.4. The van der Waals surface area contributed by atoms with Crippen LogP contribution >= 0.6 is 0 Å². The molecular formula is C12H11NO3. The SMILES string of the molecule is CCOc1cccc(C2=CC(=O)NC2=O)c1. The quantitative estimate of drug-likeness (QED) is 0.772. The lowest BCUT2D eigenvalue weighted by Gasteiger charge is -2.05. The van der Waals surface area contributed by atoms with Crippen molar-refractivity contribution in [2.24, 2.45) is 0 Å². The third-order valence-corrected chi connectivity index (χ3v) is 2.21. The van der Waals surface area contributed by atoms with Crippen LogP contribution in [0.3, 0.4) is 0 Å². The molecule has 1 aliphatic rings. The third kappa shape index (κ3) is 1.95. The number of hydrogen-bond donors (Lipinski definition) is 1. The minimum atomic E-state index is -0.373. The first kappa shape index (κ1) is 10.4. The molecule has 0 unspecified atom stereocenters. The van der Waals surface area contributed by atoms with Gasteiger partial charge in [0.05, 0.1) is 12.2 Å². The molecule has 0 bridgehead atoms. The van der Waals surface area contributed by atoms with Crippen LogP contribution in [0.1, 0.15) is 12.5 Å². The molecule has 1 heterocycles. The van der Waals surface area contributed by atoms with Crippen LogP contribution in [0.5, 0.6) is 5.75 Å². The molecule has 0 spiro atoms. The summed E-state index contributed by atoms with van der Waals surface area (Å²) in [6.45, 7) is 2.45. The van der Waals surface area contributed by atoms with Gasteiger partial charge in [-0.1, -0.05) is 12.1 Å². The minimum absolute atomic E-state index is 0.362. The van der Waals surface area contributed by atoms with Crippen LogP contribution in [0, 0.1) is 0 Å². The van der Waals surface area contributed by atoms with E-state index in [1.165, 1.54) is 6.08 Å². The molecule has 1 aromatic carbocycles. The van der Waals surface area contributed by atoms with Gasteiger partial charge in [-0.2, -0.15) is 0 Å². The summed E-state index contributed by atoms with van der Waals surface area (Å²) in [4.78, 5) is 22.4. The zero-order valence-electron chi connectivity index (χ0n) is 8.82. The Bertz CT molecular complexity index is 477. The Morgan fingerprint density at radius 2 is 2.12 bits per heavy atom. The predicted octanol–water partition coefficient (Wildman–Crippen LogP) is 1.13. The van der Waals surface area contributed by atoms with Crippen LogP contribution in [-0.2, 0) is 9.59 Å². The molecule has 0 saturated carbocycles. The van der Waals surface area contributed by atoms with E-state index in [0.29, 0.717) is 23.5 Å². The molecule has 2 rings (SSSR count). The molecule has 0 aliphatic carbocycles. The van der Waals surface area contributed by atoms with Crippen molar-refractivity contribution >= 4 is 17.4 Å². The van der Waals surface area contributed by atoms with E-state index >= 15 is 0 Å². The minimum Gasteiger partial charge on any atom is -0.494 e. The average molecular weight is 217 g/mol. The van der Waals surface area contributed by atoms with Gasteiger partial charge < -0.3 is 4.74 Å². The fourth-order valence-corrected chi connectivity index (χ4v) is 1.55. The van der Waals surface area contributed by atoms with Crippen LogP contribution < -0.4 is 10.1 Å². The molecule has 4 heteroatoms. The number of ether oxygens (including phenoxy) is 1. The van der Waals surface area contributed by atoms with Crippen molar-refractivity contribution in [3.63, 3.8) is 0 Å². The van der Waals surface area contributed by atoms with Gasteiger partial charge in [-0.05, 0) is 24.6 Å². The van der Waals surface area contributed by atoms with Gasteiger partial charge in [0.25, 0.3) is 11.8 Å². The lowest BCUT2D eigenvalue weighted by molar-refractivity contribution is -0.123. The first-order valence-electron chi connectivity index (χ1n) is 5.01. The lowest BCUT2D eigenvalue weighted by Crippen LogP contribution is -2.21. The number of nitrogens with one attached hydrogen (secondary N) is 1. The second-order valence-electron chi connectivity index (χ2n) is 3.34. The third-order valence-electron chi connectivity index (χ3n) is 2.21. The Labute approximate surface area is 92.9 Å². The Hall–Kier alpha value is -2.10. The Balaban J connectivity index is 2.34. The van der Waals surface area contributed by atoms with Gasteiger partial charge in [-0.15, -0.1) is 0 Å². The van der Waals surface area contributed by atoms with Gasteiger partial charge in [0.2, 0.25) is 0 Å². The summed E-state index contributed by atoms with van der Waals surface area (Å²) in [6.07, 6.45) is 1.30. The molecule has 0 radical (unpaired) electrons. The molecule has 4 nitrogen and oxygen atoms in total. The van der Waals surface area contributed by atoms with Crippen molar-refractivity contribution in [1.82, 2.24) is 5.32 Å². The van der Waals surface area contributed by atoms with Crippen molar-refractivity contribution in [3.8, 4) is 5.75 Å².